The fraction of sp³-hybridized carbons (Fsp3) is 0.500. The summed E-state index contributed by atoms with van der Waals surface area (Å²) in [6.45, 7) is 1.96. The summed E-state index contributed by atoms with van der Waals surface area (Å²) >= 11 is 1.30. The van der Waals surface area contributed by atoms with Crippen molar-refractivity contribution in [3.05, 3.63) is 21.9 Å². The SMILES string of the molecule is CCc1ccc(C(=O)NC(CCS(C)(=O)=O)C(=O)O)s1. The molecule has 20 heavy (non-hydrogen) atoms. The van der Waals surface area contributed by atoms with E-state index < -0.39 is 27.8 Å². The van der Waals surface area contributed by atoms with Crippen LogP contribution in [0.2, 0.25) is 0 Å². The molecular formula is C12H17NO5S2. The minimum atomic E-state index is -3.27. The Morgan fingerprint density at radius 3 is 2.50 bits per heavy atom. The average molecular weight is 319 g/mol. The molecule has 0 bridgehead atoms. The zero-order chi connectivity index (χ0) is 15.3. The molecule has 0 saturated heterocycles. The van der Waals surface area contributed by atoms with Gasteiger partial charge in [0.25, 0.3) is 5.91 Å². The van der Waals surface area contributed by atoms with E-state index in [-0.39, 0.29) is 12.2 Å². The number of sulfone groups is 1. The molecule has 1 unspecified atom stereocenters. The smallest absolute Gasteiger partial charge is 0.326 e. The Labute approximate surface area is 121 Å². The van der Waals surface area contributed by atoms with Crippen LogP contribution in [0.3, 0.4) is 0 Å². The van der Waals surface area contributed by atoms with E-state index >= 15 is 0 Å². The Balaban J connectivity index is 2.70. The summed E-state index contributed by atoms with van der Waals surface area (Å²) in [7, 11) is -3.27. The first-order chi connectivity index (χ1) is 9.23. The van der Waals surface area contributed by atoms with E-state index in [1.165, 1.54) is 11.3 Å². The summed E-state index contributed by atoms with van der Waals surface area (Å²) in [6, 6.07) is 2.24. The lowest BCUT2D eigenvalue weighted by atomic mass is 10.2. The van der Waals surface area contributed by atoms with Gasteiger partial charge >= 0.3 is 5.97 Å². The van der Waals surface area contributed by atoms with E-state index in [1.54, 1.807) is 6.07 Å². The molecule has 6 nitrogen and oxygen atoms in total. The molecule has 0 spiro atoms. The van der Waals surface area contributed by atoms with Crippen molar-refractivity contribution in [1.29, 1.82) is 0 Å². The summed E-state index contributed by atoms with van der Waals surface area (Å²) in [4.78, 5) is 24.4. The number of aliphatic carboxylic acids is 1. The second-order valence-electron chi connectivity index (χ2n) is 4.40. The van der Waals surface area contributed by atoms with E-state index in [0.717, 1.165) is 17.6 Å². The van der Waals surface area contributed by atoms with Crippen LogP contribution in [-0.2, 0) is 21.1 Å². The van der Waals surface area contributed by atoms with Crippen LogP contribution < -0.4 is 5.32 Å². The third-order valence-electron chi connectivity index (χ3n) is 2.61. The molecule has 0 aliphatic heterocycles. The highest BCUT2D eigenvalue weighted by Gasteiger charge is 2.22. The van der Waals surface area contributed by atoms with Crippen molar-refractivity contribution >= 4 is 33.1 Å². The lowest BCUT2D eigenvalue weighted by Gasteiger charge is -2.13. The number of nitrogens with one attached hydrogen (secondary N) is 1. The number of carboxylic acid groups (broad SMARTS) is 1. The van der Waals surface area contributed by atoms with Gasteiger partial charge in [-0.25, -0.2) is 13.2 Å². The zero-order valence-electron chi connectivity index (χ0n) is 11.3. The summed E-state index contributed by atoms with van der Waals surface area (Å²) in [6.07, 6.45) is 1.68. The molecular weight excluding hydrogens is 302 g/mol. The van der Waals surface area contributed by atoms with Crippen LogP contribution in [0.5, 0.6) is 0 Å². The molecule has 0 aliphatic rings. The van der Waals surface area contributed by atoms with E-state index in [0.29, 0.717) is 4.88 Å². The van der Waals surface area contributed by atoms with Gasteiger partial charge in [0.1, 0.15) is 15.9 Å². The number of thiophene rings is 1. The van der Waals surface area contributed by atoms with Crippen molar-refractivity contribution in [2.75, 3.05) is 12.0 Å². The highest BCUT2D eigenvalue weighted by molar-refractivity contribution is 7.90. The van der Waals surface area contributed by atoms with Gasteiger partial charge < -0.3 is 10.4 Å². The van der Waals surface area contributed by atoms with Gasteiger partial charge in [0, 0.05) is 11.1 Å². The van der Waals surface area contributed by atoms with Crippen molar-refractivity contribution in [1.82, 2.24) is 5.32 Å². The normalized spacial score (nSPS) is 12.9. The quantitative estimate of drug-likeness (QED) is 0.778. The Bertz CT molecular complexity index is 591. The minimum absolute atomic E-state index is 0.147. The number of rotatable bonds is 7. The molecule has 8 heteroatoms. The average Bonchev–Trinajstić information content (AvgIpc) is 2.81. The molecule has 1 amide bonds. The van der Waals surface area contributed by atoms with Crippen LogP contribution in [0.15, 0.2) is 12.1 Å². The van der Waals surface area contributed by atoms with Gasteiger partial charge in [-0.3, -0.25) is 4.79 Å². The van der Waals surface area contributed by atoms with Crippen molar-refractivity contribution in [2.24, 2.45) is 0 Å². The molecule has 1 heterocycles. The van der Waals surface area contributed by atoms with Gasteiger partial charge in [-0.05, 0) is 25.0 Å². The molecule has 0 radical (unpaired) electrons. The molecule has 112 valence electrons. The van der Waals surface area contributed by atoms with Crippen LogP contribution in [-0.4, -0.2) is 43.5 Å². The first-order valence-electron chi connectivity index (χ1n) is 6.03. The molecule has 1 aromatic heterocycles. The van der Waals surface area contributed by atoms with Gasteiger partial charge in [0.15, 0.2) is 0 Å². The molecule has 1 rings (SSSR count). The second-order valence-corrected chi connectivity index (χ2v) is 7.83. The first kappa shape index (κ1) is 16.6. The highest BCUT2D eigenvalue weighted by atomic mass is 32.2. The Morgan fingerprint density at radius 1 is 1.40 bits per heavy atom. The maximum absolute atomic E-state index is 11.9. The second kappa shape index (κ2) is 6.85. The summed E-state index contributed by atoms with van der Waals surface area (Å²) < 4.78 is 22.1. The Kier molecular flexibility index (Phi) is 5.70. The lowest BCUT2D eigenvalue weighted by molar-refractivity contribution is -0.139. The molecule has 1 atom stereocenters. The van der Waals surface area contributed by atoms with Gasteiger partial charge in [0.05, 0.1) is 10.6 Å². The van der Waals surface area contributed by atoms with Gasteiger partial charge in [-0.2, -0.15) is 0 Å². The van der Waals surface area contributed by atoms with E-state index in [2.05, 4.69) is 5.32 Å². The maximum atomic E-state index is 11.9. The maximum Gasteiger partial charge on any atom is 0.326 e. The Morgan fingerprint density at radius 2 is 2.05 bits per heavy atom. The van der Waals surface area contributed by atoms with Gasteiger partial charge in [-0.15, -0.1) is 11.3 Å². The number of carbonyl (C=O) groups is 2. The van der Waals surface area contributed by atoms with Crippen LogP contribution in [0, 0.1) is 0 Å². The number of amides is 1. The molecule has 1 aromatic rings. The monoisotopic (exact) mass is 319 g/mol. The lowest BCUT2D eigenvalue weighted by Crippen LogP contribution is -2.41. The first-order valence-corrected chi connectivity index (χ1v) is 8.90. The molecule has 0 aliphatic carbocycles. The molecule has 0 fully saturated rings. The zero-order valence-corrected chi connectivity index (χ0v) is 12.9. The Hall–Kier alpha value is -1.41. The predicted molar refractivity (Wildman–Crippen MR) is 76.9 cm³/mol. The summed E-state index contributed by atoms with van der Waals surface area (Å²) in [5.41, 5.74) is 0. The van der Waals surface area contributed by atoms with E-state index in [4.69, 9.17) is 5.11 Å². The molecule has 0 saturated carbocycles. The van der Waals surface area contributed by atoms with Crippen LogP contribution in [0.1, 0.15) is 27.9 Å². The third-order valence-corrected chi connectivity index (χ3v) is 4.82. The standard InChI is InChI=1S/C12H17NO5S2/c1-3-8-4-5-10(19-8)11(14)13-9(12(15)16)6-7-20(2,17)18/h4-5,9H,3,6-7H2,1-2H3,(H,13,14)(H,15,16). The third kappa shape index (κ3) is 5.30. The number of hydrogen-bond acceptors (Lipinski definition) is 5. The van der Waals surface area contributed by atoms with E-state index in [1.807, 2.05) is 13.0 Å². The topological polar surface area (TPSA) is 101 Å². The van der Waals surface area contributed by atoms with Crippen molar-refractivity contribution < 1.29 is 23.1 Å². The number of carboxylic acids is 1. The number of aryl methyl sites for hydroxylation is 1. The fourth-order valence-corrected chi connectivity index (χ4v) is 3.02. The van der Waals surface area contributed by atoms with Crippen molar-refractivity contribution in [3.8, 4) is 0 Å². The van der Waals surface area contributed by atoms with Crippen LogP contribution in [0.25, 0.3) is 0 Å². The fourth-order valence-electron chi connectivity index (χ4n) is 1.51. The van der Waals surface area contributed by atoms with Crippen LogP contribution in [0.4, 0.5) is 0 Å². The van der Waals surface area contributed by atoms with Gasteiger partial charge in [-0.1, -0.05) is 6.92 Å². The van der Waals surface area contributed by atoms with Crippen molar-refractivity contribution in [2.45, 2.75) is 25.8 Å². The van der Waals surface area contributed by atoms with E-state index in [9.17, 15) is 18.0 Å². The number of carbonyl (C=O) groups excluding carboxylic acids is 1. The molecule has 2 N–H and O–H groups in total. The highest BCUT2D eigenvalue weighted by Crippen LogP contribution is 2.17. The molecule has 0 aromatic carbocycles. The largest absolute Gasteiger partial charge is 0.480 e. The summed E-state index contributed by atoms with van der Waals surface area (Å²) in [5.74, 6) is -2.01. The van der Waals surface area contributed by atoms with Crippen LogP contribution >= 0.6 is 11.3 Å². The van der Waals surface area contributed by atoms with Gasteiger partial charge in [0.2, 0.25) is 0 Å². The number of hydrogen-bond donors (Lipinski definition) is 2. The minimum Gasteiger partial charge on any atom is -0.480 e. The van der Waals surface area contributed by atoms with Crippen molar-refractivity contribution in [3.63, 3.8) is 0 Å². The predicted octanol–water partition coefficient (Wildman–Crippen LogP) is 0.928. The summed E-state index contributed by atoms with van der Waals surface area (Å²) in [5, 5.41) is 11.4.